The highest BCUT2D eigenvalue weighted by atomic mass is 16.5. The molecule has 2 heterocycles. The lowest BCUT2D eigenvalue weighted by molar-refractivity contribution is -0.0768. The summed E-state index contributed by atoms with van der Waals surface area (Å²) in [5, 5.41) is 0. The SMILES string of the molecule is COc1cccc([C@H](C)N2CCC(OC[C@H]3CCCCO3)CC2)c1. The van der Waals surface area contributed by atoms with E-state index in [1.54, 1.807) is 7.11 Å². The maximum Gasteiger partial charge on any atom is 0.119 e. The van der Waals surface area contributed by atoms with Crippen LogP contribution < -0.4 is 4.74 Å². The molecule has 2 aliphatic heterocycles. The first-order chi connectivity index (χ1) is 11.8. The van der Waals surface area contributed by atoms with Crippen molar-refractivity contribution in [1.82, 2.24) is 4.90 Å². The molecule has 2 fully saturated rings. The third kappa shape index (κ3) is 4.71. The van der Waals surface area contributed by atoms with Gasteiger partial charge in [-0.3, -0.25) is 4.90 Å². The van der Waals surface area contributed by atoms with E-state index in [0.717, 1.165) is 51.3 Å². The van der Waals surface area contributed by atoms with Gasteiger partial charge in [-0.1, -0.05) is 12.1 Å². The van der Waals surface area contributed by atoms with E-state index in [1.807, 2.05) is 6.07 Å². The number of benzene rings is 1. The third-order valence-corrected chi connectivity index (χ3v) is 5.39. The molecule has 0 aliphatic carbocycles. The summed E-state index contributed by atoms with van der Waals surface area (Å²) in [5.74, 6) is 0.935. The summed E-state index contributed by atoms with van der Waals surface area (Å²) in [7, 11) is 1.72. The van der Waals surface area contributed by atoms with Crippen molar-refractivity contribution >= 4 is 0 Å². The van der Waals surface area contributed by atoms with Crippen molar-refractivity contribution in [3.63, 3.8) is 0 Å². The zero-order valence-electron chi connectivity index (χ0n) is 15.1. The van der Waals surface area contributed by atoms with E-state index in [1.165, 1.54) is 18.4 Å². The topological polar surface area (TPSA) is 30.9 Å². The van der Waals surface area contributed by atoms with Crippen molar-refractivity contribution in [3.8, 4) is 5.75 Å². The molecule has 0 unspecified atom stereocenters. The van der Waals surface area contributed by atoms with Crippen molar-refractivity contribution in [2.45, 2.75) is 57.3 Å². The lowest BCUT2D eigenvalue weighted by atomic mass is 10.0. The van der Waals surface area contributed by atoms with Crippen LogP contribution in [0.5, 0.6) is 5.75 Å². The standard InChI is InChI=1S/C20H31NO3/c1-16(17-6-5-8-19(14-17)22-2)21-11-9-18(10-12-21)24-15-20-7-3-4-13-23-20/h5-6,8,14,16,18,20H,3-4,7,9-13,15H2,1-2H3/t16-,20+/m0/s1. The molecule has 0 saturated carbocycles. The highest BCUT2D eigenvalue weighted by molar-refractivity contribution is 5.30. The molecule has 2 saturated heterocycles. The number of rotatable bonds is 6. The van der Waals surface area contributed by atoms with Gasteiger partial charge in [-0.2, -0.15) is 0 Å². The summed E-state index contributed by atoms with van der Waals surface area (Å²) in [5.41, 5.74) is 1.32. The van der Waals surface area contributed by atoms with Crippen molar-refractivity contribution < 1.29 is 14.2 Å². The van der Waals surface area contributed by atoms with Crippen LogP contribution in [0.1, 0.15) is 50.6 Å². The molecule has 2 atom stereocenters. The molecule has 4 heteroatoms. The van der Waals surface area contributed by atoms with Crippen LogP contribution in [0.25, 0.3) is 0 Å². The Bertz CT molecular complexity index is 493. The van der Waals surface area contributed by atoms with Gasteiger partial charge in [-0.05, 0) is 56.7 Å². The fraction of sp³-hybridized carbons (Fsp3) is 0.700. The summed E-state index contributed by atoms with van der Waals surface area (Å²) in [6.45, 7) is 6.15. The van der Waals surface area contributed by atoms with Gasteiger partial charge in [-0.15, -0.1) is 0 Å². The van der Waals surface area contributed by atoms with Gasteiger partial charge >= 0.3 is 0 Å². The molecule has 2 aliphatic rings. The molecule has 0 amide bonds. The van der Waals surface area contributed by atoms with Gasteiger partial charge in [0.15, 0.2) is 0 Å². The summed E-state index contributed by atoms with van der Waals surface area (Å²) in [4.78, 5) is 2.55. The Balaban J connectivity index is 1.43. The second-order valence-corrected chi connectivity index (χ2v) is 7.01. The molecule has 1 aromatic carbocycles. The summed E-state index contributed by atoms with van der Waals surface area (Å²) in [6.07, 6.45) is 6.59. The molecule has 1 aromatic rings. The highest BCUT2D eigenvalue weighted by Crippen LogP contribution is 2.27. The molecule has 134 valence electrons. The number of likely N-dealkylation sites (tertiary alicyclic amines) is 1. The Morgan fingerprint density at radius 1 is 1.21 bits per heavy atom. The molecular weight excluding hydrogens is 302 g/mol. The minimum atomic E-state index is 0.326. The van der Waals surface area contributed by atoms with Gasteiger partial charge in [0.1, 0.15) is 5.75 Å². The predicted molar refractivity (Wildman–Crippen MR) is 95.5 cm³/mol. The van der Waals surface area contributed by atoms with E-state index in [2.05, 4.69) is 30.0 Å². The second kappa shape index (κ2) is 8.84. The first kappa shape index (κ1) is 17.7. The van der Waals surface area contributed by atoms with Crippen LogP contribution in [0, 0.1) is 0 Å². The number of ether oxygens (including phenoxy) is 3. The third-order valence-electron chi connectivity index (χ3n) is 5.39. The molecule has 3 rings (SSSR count). The second-order valence-electron chi connectivity index (χ2n) is 7.01. The van der Waals surface area contributed by atoms with Crippen LogP contribution in [-0.4, -0.2) is 50.5 Å². The van der Waals surface area contributed by atoms with E-state index in [-0.39, 0.29) is 0 Å². The molecular formula is C20H31NO3. The van der Waals surface area contributed by atoms with E-state index >= 15 is 0 Å². The Hall–Kier alpha value is -1.10. The average molecular weight is 333 g/mol. The van der Waals surface area contributed by atoms with E-state index in [4.69, 9.17) is 14.2 Å². The lowest BCUT2D eigenvalue weighted by Crippen LogP contribution is -2.39. The molecule has 0 N–H and O–H groups in total. The number of hydrogen-bond acceptors (Lipinski definition) is 4. The van der Waals surface area contributed by atoms with E-state index in [9.17, 15) is 0 Å². The van der Waals surface area contributed by atoms with Crippen LogP contribution in [-0.2, 0) is 9.47 Å². The molecule has 0 bridgehead atoms. The minimum absolute atomic E-state index is 0.326. The molecule has 0 spiro atoms. The van der Waals surface area contributed by atoms with E-state index < -0.39 is 0 Å². The summed E-state index contributed by atoms with van der Waals surface area (Å²) < 4.78 is 17.2. The van der Waals surface area contributed by atoms with Gasteiger partial charge in [0, 0.05) is 25.7 Å². The monoisotopic (exact) mass is 333 g/mol. The molecule has 4 nitrogen and oxygen atoms in total. The van der Waals surface area contributed by atoms with Crippen LogP contribution in [0.15, 0.2) is 24.3 Å². The predicted octanol–water partition coefficient (Wildman–Crippen LogP) is 3.81. The van der Waals surface area contributed by atoms with Gasteiger partial charge in [0.25, 0.3) is 0 Å². The first-order valence-corrected chi connectivity index (χ1v) is 9.37. The smallest absolute Gasteiger partial charge is 0.119 e. The largest absolute Gasteiger partial charge is 0.497 e. The van der Waals surface area contributed by atoms with Crippen molar-refractivity contribution in [3.05, 3.63) is 29.8 Å². The Kier molecular flexibility index (Phi) is 6.52. The first-order valence-electron chi connectivity index (χ1n) is 9.37. The maximum absolute atomic E-state index is 6.12. The fourth-order valence-electron chi connectivity index (χ4n) is 3.72. The fourth-order valence-corrected chi connectivity index (χ4v) is 3.72. The van der Waals surface area contributed by atoms with Crippen molar-refractivity contribution in [2.75, 3.05) is 33.4 Å². The highest BCUT2D eigenvalue weighted by Gasteiger charge is 2.25. The summed E-state index contributed by atoms with van der Waals surface area (Å²) >= 11 is 0. The van der Waals surface area contributed by atoms with Crippen LogP contribution in [0.4, 0.5) is 0 Å². The van der Waals surface area contributed by atoms with Crippen LogP contribution >= 0.6 is 0 Å². The number of methoxy groups -OCH3 is 1. The zero-order chi connectivity index (χ0) is 16.8. The average Bonchev–Trinajstić information content (AvgIpc) is 2.67. The minimum Gasteiger partial charge on any atom is -0.497 e. The maximum atomic E-state index is 6.12. The van der Waals surface area contributed by atoms with Crippen molar-refractivity contribution in [2.24, 2.45) is 0 Å². The molecule has 0 aromatic heterocycles. The molecule has 0 radical (unpaired) electrons. The zero-order valence-corrected chi connectivity index (χ0v) is 15.1. The quantitative estimate of drug-likeness (QED) is 0.792. The van der Waals surface area contributed by atoms with Gasteiger partial charge in [0.2, 0.25) is 0 Å². The normalized spacial score (nSPS) is 24.7. The number of hydrogen-bond donors (Lipinski definition) is 0. The van der Waals surface area contributed by atoms with Crippen LogP contribution in [0.3, 0.4) is 0 Å². The van der Waals surface area contributed by atoms with Gasteiger partial charge in [0.05, 0.1) is 25.9 Å². The summed E-state index contributed by atoms with van der Waals surface area (Å²) in [6, 6.07) is 8.83. The van der Waals surface area contributed by atoms with Crippen LogP contribution in [0.2, 0.25) is 0 Å². The molecule has 24 heavy (non-hydrogen) atoms. The Labute approximate surface area is 146 Å². The van der Waals surface area contributed by atoms with E-state index in [0.29, 0.717) is 18.2 Å². The Morgan fingerprint density at radius 2 is 2.04 bits per heavy atom. The number of nitrogens with zero attached hydrogens (tertiary/aromatic N) is 1. The Morgan fingerprint density at radius 3 is 2.75 bits per heavy atom. The lowest BCUT2D eigenvalue weighted by Gasteiger charge is -2.36. The van der Waals surface area contributed by atoms with Gasteiger partial charge < -0.3 is 14.2 Å². The van der Waals surface area contributed by atoms with Gasteiger partial charge in [-0.25, -0.2) is 0 Å². The number of piperidine rings is 1. The van der Waals surface area contributed by atoms with Crippen molar-refractivity contribution in [1.29, 1.82) is 0 Å².